The van der Waals surface area contributed by atoms with Gasteiger partial charge in [-0.05, 0) is 25.1 Å². The van der Waals surface area contributed by atoms with Gasteiger partial charge in [-0.3, -0.25) is 4.79 Å². The van der Waals surface area contributed by atoms with E-state index >= 15 is 0 Å². The van der Waals surface area contributed by atoms with Crippen molar-refractivity contribution in [3.05, 3.63) is 34.6 Å². The van der Waals surface area contributed by atoms with E-state index < -0.39 is 5.82 Å². The zero-order valence-corrected chi connectivity index (χ0v) is 11.5. The van der Waals surface area contributed by atoms with Crippen LogP contribution in [0, 0.1) is 5.82 Å². The number of piperazine rings is 1. The molecule has 1 saturated heterocycles. The van der Waals surface area contributed by atoms with Crippen LogP contribution >= 0.6 is 24.0 Å². The lowest BCUT2D eigenvalue weighted by atomic mass is 10.1. The molecule has 3 nitrogen and oxygen atoms in total. The first-order valence-electron chi connectivity index (χ1n) is 5.55. The van der Waals surface area contributed by atoms with Crippen LogP contribution < -0.4 is 5.32 Å². The van der Waals surface area contributed by atoms with E-state index in [9.17, 15) is 9.18 Å². The molecule has 18 heavy (non-hydrogen) atoms. The van der Waals surface area contributed by atoms with Gasteiger partial charge in [-0.25, -0.2) is 4.39 Å². The summed E-state index contributed by atoms with van der Waals surface area (Å²) >= 11 is 5.58. The Kier molecular flexibility index (Phi) is 5.38. The Balaban J connectivity index is 0.00000162. The molecule has 1 amide bonds. The van der Waals surface area contributed by atoms with Gasteiger partial charge in [0.1, 0.15) is 5.82 Å². The maximum atomic E-state index is 13.3. The summed E-state index contributed by atoms with van der Waals surface area (Å²) in [6.07, 6.45) is 0. The van der Waals surface area contributed by atoms with Gasteiger partial charge < -0.3 is 10.2 Å². The van der Waals surface area contributed by atoms with Crippen LogP contribution in [0.15, 0.2) is 18.2 Å². The van der Waals surface area contributed by atoms with E-state index in [1.807, 2.05) is 6.92 Å². The molecule has 1 fully saturated rings. The number of benzene rings is 1. The first-order chi connectivity index (χ1) is 8.08. The van der Waals surface area contributed by atoms with Gasteiger partial charge >= 0.3 is 0 Å². The van der Waals surface area contributed by atoms with Crippen LogP contribution in [-0.2, 0) is 0 Å². The summed E-state index contributed by atoms with van der Waals surface area (Å²) < 4.78 is 13.3. The van der Waals surface area contributed by atoms with Crippen molar-refractivity contribution < 1.29 is 9.18 Å². The second kappa shape index (κ2) is 6.36. The topological polar surface area (TPSA) is 32.3 Å². The highest BCUT2D eigenvalue weighted by Crippen LogP contribution is 2.17. The Morgan fingerprint density at radius 1 is 1.56 bits per heavy atom. The summed E-state index contributed by atoms with van der Waals surface area (Å²) in [6, 6.07) is 4.43. The number of nitrogens with one attached hydrogen (secondary N) is 1. The second-order valence-electron chi connectivity index (χ2n) is 4.24. The SMILES string of the molecule is C[C@H]1CN(C(=O)c2ccc(Cl)c(F)c2)CCN1.Cl. The van der Waals surface area contributed by atoms with Crippen molar-refractivity contribution in [1.82, 2.24) is 10.2 Å². The van der Waals surface area contributed by atoms with E-state index in [0.717, 1.165) is 6.54 Å². The quantitative estimate of drug-likeness (QED) is 0.862. The Labute approximate surface area is 117 Å². The molecule has 1 atom stereocenters. The molecule has 0 aliphatic carbocycles. The molecule has 2 rings (SSSR count). The number of halogens is 3. The zero-order valence-electron chi connectivity index (χ0n) is 9.95. The highest BCUT2D eigenvalue weighted by Gasteiger charge is 2.22. The van der Waals surface area contributed by atoms with Crippen molar-refractivity contribution in [2.75, 3.05) is 19.6 Å². The number of hydrogen-bond donors (Lipinski definition) is 1. The minimum absolute atomic E-state index is 0. The van der Waals surface area contributed by atoms with Crippen LogP contribution in [-0.4, -0.2) is 36.5 Å². The van der Waals surface area contributed by atoms with Crippen LogP contribution in [0.3, 0.4) is 0 Å². The molecule has 1 aromatic carbocycles. The molecule has 0 spiro atoms. The number of rotatable bonds is 1. The van der Waals surface area contributed by atoms with Crippen LogP contribution in [0.5, 0.6) is 0 Å². The summed E-state index contributed by atoms with van der Waals surface area (Å²) in [5, 5.41) is 3.29. The number of amides is 1. The average Bonchev–Trinajstić information content (AvgIpc) is 2.32. The third-order valence-electron chi connectivity index (χ3n) is 2.82. The summed E-state index contributed by atoms with van der Waals surface area (Å²) in [5.74, 6) is -0.699. The van der Waals surface area contributed by atoms with Gasteiger partial charge in [0.25, 0.3) is 5.91 Å². The molecular formula is C12H15Cl2FN2O. The van der Waals surface area contributed by atoms with Gasteiger partial charge in [0.15, 0.2) is 0 Å². The molecule has 1 aliphatic heterocycles. The summed E-state index contributed by atoms with van der Waals surface area (Å²) in [6.45, 7) is 4.07. The fourth-order valence-corrected chi connectivity index (χ4v) is 2.05. The predicted molar refractivity (Wildman–Crippen MR) is 72.0 cm³/mol. The standard InChI is InChI=1S/C12H14ClFN2O.ClH/c1-8-7-16(5-4-15-8)12(17)9-2-3-10(13)11(14)6-9;/h2-3,6,8,15H,4-5,7H2,1H3;1H/t8-;/m0./s1. The molecule has 100 valence electrons. The summed E-state index contributed by atoms with van der Waals surface area (Å²) in [4.78, 5) is 13.8. The number of hydrogen-bond acceptors (Lipinski definition) is 2. The smallest absolute Gasteiger partial charge is 0.254 e. The summed E-state index contributed by atoms with van der Waals surface area (Å²) in [5.41, 5.74) is 0.348. The first-order valence-corrected chi connectivity index (χ1v) is 5.93. The maximum Gasteiger partial charge on any atom is 0.254 e. The van der Waals surface area contributed by atoms with E-state index in [1.165, 1.54) is 12.1 Å². The van der Waals surface area contributed by atoms with Gasteiger partial charge in [-0.15, -0.1) is 12.4 Å². The number of carbonyl (C=O) groups is 1. The molecule has 0 radical (unpaired) electrons. The normalized spacial score (nSPS) is 19.3. The molecule has 1 heterocycles. The minimum atomic E-state index is -0.555. The van der Waals surface area contributed by atoms with Crippen LogP contribution in [0.25, 0.3) is 0 Å². The maximum absolute atomic E-state index is 13.3. The van der Waals surface area contributed by atoms with E-state index in [4.69, 9.17) is 11.6 Å². The molecular weight excluding hydrogens is 278 g/mol. The number of nitrogens with zero attached hydrogens (tertiary/aromatic N) is 1. The largest absolute Gasteiger partial charge is 0.336 e. The first kappa shape index (κ1) is 15.2. The van der Waals surface area contributed by atoms with E-state index in [0.29, 0.717) is 18.7 Å². The molecule has 6 heteroatoms. The van der Waals surface area contributed by atoms with Crippen molar-refractivity contribution in [3.63, 3.8) is 0 Å². The molecule has 0 unspecified atom stereocenters. The average molecular weight is 293 g/mol. The lowest BCUT2D eigenvalue weighted by Crippen LogP contribution is -2.51. The number of carbonyl (C=O) groups excluding carboxylic acids is 1. The Morgan fingerprint density at radius 3 is 2.89 bits per heavy atom. The predicted octanol–water partition coefficient (Wildman–Crippen LogP) is 2.33. The van der Waals surface area contributed by atoms with Crippen molar-refractivity contribution in [2.45, 2.75) is 13.0 Å². The van der Waals surface area contributed by atoms with Crippen molar-refractivity contribution in [2.24, 2.45) is 0 Å². The highest BCUT2D eigenvalue weighted by atomic mass is 35.5. The Morgan fingerprint density at radius 2 is 2.28 bits per heavy atom. The minimum Gasteiger partial charge on any atom is -0.336 e. The van der Waals surface area contributed by atoms with E-state index in [1.54, 1.807) is 11.0 Å². The Bertz CT molecular complexity index is 442. The lowest BCUT2D eigenvalue weighted by Gasteiger charge is -2.32. The van der Waals surface area contributed by atoms with Crippen LogP contribution in [0.4, 0.5) is 4.39 Å². The van der Waals surface area contributed by atoms with Crippen LogP contribution in [0.2, 0.25) is 5.02 Å². The van der Waals surface area contributed by atoms with Gasteiger partial charge in [-0.2, -0.15) is 0 Å². The van der Waals surface area contributed by atoms with Crippen molar-refractivity contribution >= 4 is 29.9 Å². The van der Waals surface area contributed by atoms with E-state index in [2.05, 4.69) is 5.32 Å². The fourth-order valence-electron chi connectivity index (χ4n) is 1.93. The molecule has 1 aliphatic rings. The van der Waals surface area contributed by atoms with Gasteiger partial charge in [-0.1, -0.05) is 11.6 Å². The molecule has 0 aromatic heterocycles. The van der Waals surface area contributed by atoms with Gasteiger partial charge in [0.2, 0.25) is 0 Å². The van der Waals surface area contributed by atoms with E-state index in [-0.39, 0.29) is 29.4 Å². The third-order valence-corrected chi connectivity index (χ3v) is 3.13. The molecule has 0 saturated carbocycles. The molecule has 0 bridgehead atoms. The van der Waals surface area contributed by atoms with Gasteiger partial charge in [0, 0.05) is 31.2 Å². The molecule has 1 aromatic rings. The second-order valence-corrected chi connectivity index (χ2v) is 4.64. The van der Waals surface area contributed by atoms with Crippen LogP contribution in [0.1, 0.15) is 17.3 Å². The zero-order chi connectivity index (χ0) is 12.4. The highest BCUT2D eigenvalue weighted by molar-refractivity contribution is 6.30. The lowest BCUT2D eigenvalue weighted by molar-refractivity contribution is 0.0708. The fraction of sp³-hybridized carbons (Fsp3) is 0.417. The van der Waals surface area contributed by atoms with Gasteiger partial charge in [0.05, 0.1) is 5.02 Å². The monoisotopic (exact) mass is 292 g/mol. The molecule has 1 N–H and O–H groups in total. The Hall–Kier alpha value is -0.840. The van der Waals surface area contributed by atoms with Crippen molar-refractivity contribution in [3.8, 4) is 0 Å². The summed E-state index contributed by atoms with van der Waals surface area (Å²) in [7, 11) is 0. The third kappa shape index (κ3) is 3.34. The van der Waals surface area contributed by atoms with Crippen molar-refractivity contribution in [1.29, 1.82) is 0 Å².